The van der Waals surface area contributed by atoms with Crippen LogP contribution in [0, 0.1) is 6.92 Å². The summed E-state index contributed by atoms with van der Waals surface area (Å²) in [6.45, 7) is 2.13. The van der Waals surface area contributed by atoms with Crippen LogP contribution in [0.5, 0.6) is 5.75 Å². The van der Waals surface area contributed by atoms with Crippen molar-refractivity contribution in [3.8, 4) is 17.0 Å². The van der Waals surface area contributed by atoms with E-state index in [1.807, 2.05) is 0 Å². The molecule has 0 saturated carbocycles. The molecule has 0 saturated heterocycles. The van der Waals surface area contributed by atoms with Crippen LogP contribution in [0.25, 0.3) is 11.3 Å². The molecule has 11 heteroatoms. The van der Waals surface area contributed by atoms with Crippen molar-refractivity contribution in [3.63, 3.8) is 0 Å². The zero-order valence-electron chi connectivity index (χ0n) is 17.8. The van der Waals surface area contributed by atoms with Crippen LogP contribution in [0.4, 0.5) is 18.9 Å². The first-order valence-electron chi connectivity index (χ1n) is 9.58. The Morgan fingerprint density at radius 2 is 1.91 bits per heavy atom. The van der Waals surface area contributed by atoms with E-state index < -0.39 is 24.4 Å². The zero-order chi connectivity index (χ0) is 23.3. The third kappa shape index (κ3) is 3.58. The van der Waals surface area contributed by atoms with Gasteiger partial charge in [-0.25, -0.2) is 4.98 Å². The Morgan fingerprint density at radius 1 is 1.16 bits per heavy atom. The monoisotopic (exact) mass is 447 g/mol. The van der Waals surface area contributed by atoms with Gasteiger partial charge in [0.1, 0.15) is 18.0 Å². The normalized spacial score (nSPS) is 18.2. The first-order valence-corrected chi connectivity index (χ1v) is 9.58. The number of methoxy groups -OCH3 is 2. The standard InChI is InChI=1S/C21H20F3N5O3/c1-12-5-16(13-6-15(31-3)9-25-7-13)27-18-17(12)19(30)29(20(18,2)32-4)14-8-26-28(10-14)11-21(22,23)24/h5-10H,11H2,1-4H3. The van der Waals surface area contributed by atoms with Crippen LogP contribution in [-0.2, 0) is 17.0 Å². The molecule has 3 aromatic heterocycles. The average molecular weight is 447 g/mol. The van der Waals surface area contributed by atoms with Crippen LogP contribution >= 0.6 is 0 Å². The minimum Gasteiger partial charge on any atom is -0.495 e. The number of pyridine rings is 2. The molecule has 0 radical (unpaired) electrons. The van der Waals surface area contributed by atoms with Crippen LogP contribution in [-0.4, -0.2) is 46.1 Å². The number of rotatable bonds is 5. The second-order valence-corrected chi connectivity index (χ2v) is 7.50. The summed E-state index contributed by atoms with van der Waals surface area (Å²) >= 11 is 0. The number of carbonyl (C=O) groups is 1. The quantitative estimate of drug-likeness (QED) is 0.593. The molecular weight excluding hydrogens is 427 g/mol. The summed E-state index contributed by atoms with van der Waals surface area (Å²) in [5.74, 6) is 0.114. The Hall–Kier alpha value is -3.47. The van der Waals surface area contributed by atoms with Crippen LogP contribution in [0.2, 0.25) is 0 Å². The van der Waals surface area contributed by atoms with E-state index in [-0.39, 0.29) is 5.69 Å². The molecule has 0 aliphatic carbocycles. The Kier molecular flexibility index (Phi) is 5.16. The molecule has 0 aromatic carbocycles. The molecule has 0 spiro atoms. The number of anilines is 1. The number of alkyl halides is 3. The number of aryl methyl sites for hydroxylation is 1. The van der Waals surface area contributed by atoms with E-state index >= 15 is 0 Å². The van der Waals surface area contributed by atoms with Crippen molar-refractivity contribution >= 4 is 11.6 Å². The molecule has 0 fully saturated rings. The lowest BCUT2D eigenvalue weighted by atomic mass is 10.0. The van der Waals surface area contributed by atoms with Crippen molar-refractivity contribution in [1.29, 1.82) is 0 Å². The molecule has 1 atom stereocenters. The van der Waals surface area contributed by atoms with Crippen molar-refractivity contribution in [2.45, 2.75) is 32.3 Å². The lowest BCUT2D eigenvalue weighted by molar-refractivity contribution is -0.142. The fourth-order valence-electron chi connectivity index (χ4n) is 3.80. The van der Waals surface area contributed by atoms with Gasteiger partial charge in [-0.1, -0.05) is 0 Å². The lowest BCUT2D eigenvalue weighted by Crippen LogP contribution is -2.43. The van der Waals surface area contributed by atoms with Crippen molar-refractivity contribution in [2.24, 2.45) is 0 Å². The molecule has 4 heterocycles. The number of aromatic nitrogens is 4. The SMILES string of the molecule is COc1cncc(-c2cc(C)c3c(n2)C(C)(OC)N(c2cnn(CC(F)(F)F)c2)C3=O)c1. The van der Waals surface area contributed by atoms with Gasteiger partial charge in [-0.15, -0.1) is 0 Å². The van der Waals surface area contributed by atoms with Crippen molar-refractivity contribution in [2.75, 3.05) is 19.1 Å². The summed E-state index contributed by atoms with van der Waals surface area (Å²) in [6, 6.07) is 3.51. The minimum absolute atomic E-state index is 0.172. The van der Waals surface area contributed by atoms with E-state index in [2.05, 4.69) is 15.1 Å². The Labute approximate surface area is 181 Å². The molecule has 0 N–H and O–H groups in total. The third-order valence-corrected chi connectivity index (χ3v) is 5.36. The van der Waals surface area contributed by atoms with E-state index in [0.29, 0.717) is 33.8 Å². The highest BCUT2D eigenvalue weighted by molar-refractivity contribution is 6.12. The topological polar surface area (TPSA) is 82.4 Å². The highest BCUT2D eigenvalue weighted by Crippen LogP contribution is 2.43. The molecule has 8 nitrogen and oxygen atoms in total. The first-order chi connectivity index (χ1) is 15.1. The number of nitrogens with zero attached hydrogens (tertiary/aromatic N) is 5. The van der Waals surface area contributed by atoms with E-state index in [1.54, 1.807) is 38.4 Å². The predicted molar refractivity (Wildman–Crippen MR) is 108 cm³/mol. The first kappa shape index (κ1) is 21.8. The molecule has 0 bridgehead atoms. The summed E-state index contributed by atoms with van der Waals surface area (Å²) in [5, 5.41) is 3.75. The summed E-state index contributed by atoms with van der Waals surface area (Å²) in [4.78, 5) is 23.4. The van der Waals surface area contributed by atoms with Crippen LogP contribution in [0.1, 0.15) is 28.5 Å². The zero-order valence-corrected chi connectivity index (χ0v) is 17.8. The number of carbonyl (C=O) groups excluding carboxylic acids is 1. The molecule has 1 aliphatic heterocycles. The highest BCUT2D eigenvalue weighted by atomic mass is 19.4. The van der Waals surface area contributed by atoms with Gasteiger partial charge >= 0.3 is 6.18 Å². The third-order valence-electron chi connectivity index (χ3n) is 5.36. The number of amides is 1. The minimum atomic E-state index is -4.44. The van der Waals surface area contributed by atoms with Gasteiger partial charge in [0.25, 0.3) is 5.91 Å². The summed E-state index contributed by atoms with van der Waals surface area (Å²) < 4.78 is 49.9. The number of halogens is 3. The average Bonchev–Trinajstić information content (AvgIpc) is 3.27. The smallest absolute Gasteiger partial charge is 0.408 e. The van der Waals surface area contributed by atoms with Gasteiger partial charge in [0.15, 0.2) is 5.72 Å². The number of fused-ring (bicyclic) bond motifs is 1. The fourth-order valence-corrected chi connectivity index (χ4v) is 3.80. The van der Waals surface area contributed by atoms with Gasteiger partial charge < -0.3 is 9.47 Å². The van der Waals surface area contributed by atoms with Crippen LogP contribution in [0.3, 0.4) is 0 Å². The number of hydrogen-bond donors (Lipinski definition) is 0. The summed E-state index contributed by atoms with van der Waals surface area (Å²) in [6.07, 6.45) is 1.11. The van der Waals surface area contributed by atoms with Crippen molar-refractivity contribution in [1.82, 2.24) is 19.7 Å². The van der Waals surface area contributed by atoms with E-state index in [1.165, 1.54) is 25.3 Å². The molecule has 1 amide bonds. The second kappa shape index (κ2) is 7.59. The van der Waals surface area contributed by atoms with Crippen LogP contribution in [0.15, 0.2) is 36.9 Å². The molecular formula is C21H20F3N5O3. The Balaban J connectivity index is 1.81. The predicted octanol–water partition coefficient (Wildman–Crippen LogP) is 3.70. The molecule has 32 heavy (non-hydrogen) atoms. The molecule has 1 unspecified atom stereocenters. The van der Waals surface area contributed by atoms with Gasteiger partial charge in [0, 0.05) is 25.1 Å². The Morgan fingerprint density at radius 3 is 2.56 bits per heavy atom. The van der Waals surface area contributed by atoms with E-state index in [0.717, 1.165) is 10.9 Å². The van der Waals surface area contributed by atoms with E-state index in [4.69, 9.17) is 9.47 Å². The largest absolute Gasteiger partial charge is 0.495 e. The Bertz CT molecular complexity index is 1190. The molecule has 168 valence electrons. The van der Waals surface area contributed by atoms with Crippen molar-refractivity contribution < 1.29 is 27.4 Å². The van der Waals surface area contributed by atoms with Gasteiger partial charge in [-0.05, 0) is 31.5 Å². The molecule has 3 aromatic rings. The molecule has 1 aliphatic rings. The maximum atomic E-state index is 13.3. The maximum Gasteiger partial charge on any atom is 0.408 e. The number of hydrogen-bond acceptors (Lipinski definition) is 6. The van der Waals surface area contributed by atoms with Gasteiger partial charge in [-0.2, -0.15) is 18.3 Å². The summed E-state index contributed by atoms with van der Waals surface area (Å²) in [5.41, 5.74) is 1.38. The van der Waals surface area contributed by atoms with Gasteiger partial charge in [0.05, 0.1) is 36.4 Å². The lowest BCUT2D eigenvalue weighted by Gasteiger charge is -2.32. The highest BCUT2D eigenvalue weighted by Gasteiger charge is 2.50. The van der Waals surface area contributed by atoms with Gasteiger partial charge in [-0.3, -0.25) is 19.4 Å². The number of ether oxygens (including phenoxy) is 2. The maximum absolute atomic E-state index is 13.3. The second-order valence-electron chi connectivity index (χ2n) is 7.50. The molecule has 4 rings (SSSR count). The fraction of sp³-hybridized carbons (Fsp3) is 0.333. The van der Waals surface area contributed by atoms with Crippen molar-refractivity contribution in [3.05, 3.63) is 53.7 Å². The van der Waals surface area contributed by atoms with Crippen LogP contribution < -0.4 is 9.64 Å². The summed E-state index contributed by atoms with van der Waals surface area (Å²) in [7, 11) is 2.94. The van der Waals surface area contributed by atoms with E-state index in [9.17, 15) is 18.0 Å². The van der Waals surface area contributed by atoms with Gasteiger partial charge in [0.2, 0.25) is 0 Å².